The molecule has 2 heterocycles. The summed E-state index contributed by atoms with van der Waals surface area (Å²) in [5, 5.41) is 14.8. The summed E-state index contributed by atoms with van der Waals surface area (Å²) in [5.74, 6) is -1.49. The van der Waals surface area contributed by atoms with Gasteiger partial charge in [0.25, 0.3) is 5.78 Å². The fraction of sp³-hybridized carbons (Fsp3) is 0.125. The molecule has 1 saturated heterocycles. The molecule has 7 nitrogen and oxygen atoms in total. The zero-order valence-electron chi connectivity index (χ0n) is 17.1. The molecule has 1 atom stereocenters. The largest absolute Gasteiger partial charge is 0.507 e. The standard InChI is InChI=1S/C24H19FN2O5/c1-3-12-31-18-10-6-15(7-11-18)21-20(22(28)16-4-8-17(25)9-5-16)23(29)24(30)27(21)19-13-14(2)32-26-19/h3-11,13,21,28H,1,12H2,2H3/b22-20+/t21-/m0/s1. The van der Waals surface area contributed by atoms with E-state index < -0.39 is 29.3 Å². The third-order valence-corrected chi connectivity index (χ3v) is 4.99. The Bertz CT molecular complexity index is 1210. The molecule has 1 N–H and O–H groups in total. The Morgan fingerprint density at radius 1 is 1.22 bits per heavy atom. The number of Topliss-reactive ketones (excluding diaryl/α,β-unsaturated/α-hetero) is 1. The van der Waals surface area contributed by atoms with Crippen molar-refractivity contribution >= 4 is 23.3 Å². The number of aromatic nitrogens is 1. The van der Waals surface area contributed by atoms with Crippen LogP contribution in [0.3, 0.4) is 0 Å². The molecule has 8 heteroatoms. The van der Waals surface area contributed by atoms with Crippen LogP contribution < -0.4 is 9.64 Å². The number of hydrogen-bond acceptors (Lipinski definition) is 6. The third kappa shape index (κ3) is 3.78. The lowest BCUT2D eigenvalue weighted by atomic mass is 9.95. The van der Waals surface area contributed by atoms with E-state index in [9.17, 15) is 19.1 Å². The fourth-order valence-corrected chi connectivity index (χ4v) is 3.52. The maximum Gasteiger partial charge on any atom is 0.301 e. The number of carbonyl (C=O) groups excluding carboxylic acids is 2. The lowest BCUT2D eigenvalue weighted by Crippen LogP contribution is -2.29. The van der Waals surface area contributed by atoms with Gasteiger partial charge in [-0.2, -0.15) is 0 Å². The Morgan fingerprint density at radius 2 is 1.91 bits per heavy atom. The molecular weight excluding hydrogens is 415 g/mol. The number of benzene rings is 2. The van der Waals surface area contributed by atoms with Gasteiger partial charge in [0.05, 0.1) is 11.6 Å². The molecule has 3 aromatic rings. The van der Waals surface area contributed by atoms with Crippen LogP contribution in [-0.4, -0.2) is 28.6 Å². The number of nitrogens with zero attached hydrogens (tertiary/aromatic N) is 2. The van der Waals surface area contributed by atoms with E-state index in [1.54, 1.807) is 37.3 Å². The molecule has 1 aromatic heterocycles. The van der Waals surface area contributed by atoms with Gasteiger partial charge in [-0.3, -0.25) is 14.5 Å². The predicted octanol–water partition coefficient (Wildman–Crippen LogP) is 4.31. The van der Waals surface area contributed by atoms with Crippen molar-refractivity contribution in [3.63, 3.8) is 0 Å². The monoisotopic (exact) mass is 434 g/mol. The van der Waals surface area contributed by atoms with Crippen molar-refractivity contribution in [3.05, 3.63) is 95.5 Å². The minimum absolute atomic E-state index is 0.137. The number of ether oxygens (including phenoxy) is 1. The van der Waals surface area contributed by atoms with E-state index >= 15 is 0 Å². The first-order valence-corrected chi connectivity index (χ1v) is 9.74. The SMILES string of the molecule is C=CCOc1ccc([C@H]2/C(=C(\O)c3ccc(F)cc3)C(=O)C(=O)N2c2cc(C)on2)cc1. The summed E-state index contributed by atoms with van der Waals surface area (Å²) in [4.78, 5) is 27.1. The Balaban J connectivity index is 1.86. The van der Waals surface area contributed by atoms with Gasteiger partial charge in [-0.05, 0) is 48.9 Å². The zero-order chi connectivity index (χ0) is 22.8. The maximum atomic E-state index is 13.4. The number of aryl methyl sites for hydroxylation is 1. The van der Waals surface area contributed by atoms with Crippen LogP contribution in [0, 0.1) is 12.7 Å². The molecule has 4 rings (SSSR count). The highest BCUT2D eigenvalue weighted by atomic mass is 19.1. The van der Waals surface area contributed by atoms with Crippen LogP contribution in [0.1, 0.15) is 22.9 Å². The van der Waals surface area contributed by atoms with E-state index in [4.69, 9.17) is 9.26 Å². The molecule has 2 aromatic carbocycles. The highest BCUT2D eigenvalue weighted by molar-refractivity contribution is 6.51. The van der Waals surface area contributed by atoms with Gasteiger partial charge in [0.15, 0.2) is 5.82 Å². The van der Waals surface area contributed by atoms with Crippen molar-refractivity contribution < 1.29 is 28.3 Å². The zero-order valence-corrected chi connectivity index (χ0v) is 17.1. The molecule has 0 aliphatic carbocycles. The first-order chi connectivity index (χ1) is 15.4. The van der Waals surface area contributed by atoms with Gasteiger partial charge in [0.2, 0.25) is 0 Å². The number of anilines is 1. The Hall–Kier alpha value is -4.20. The fourth-order valence-electron chi connectivity index (χ4n) is 3.52. The summed E-state index contributed by atoms with van der Waals surface area (Å²) in [6.07, 6.45) is 1.61. The van der Waals surface area contributed by atoms with Crippen molar-refractivity contribution in [2.75, 3.05) is 11.5 Å². The van der Waals surface area contributed by atoms with Crippen LogP contribution in [0.15, 0.2) is 77.3 Å². The summed E-state index contributed by atoms with van der Waals surface area (Å²) >= 11 is 0. The molecule has 0 saturated carbocycles. The van der Waals surface area contributed by atoms with Crippen molar-refractivity contribution in [2.24, 2.45) is 0 Å². The van der Waals surface area contributed by atoms with E-state index in [-0.39, 0.29) is 17.0 Å². The highest BCUT2D eigenvalue weighted by Gasteiger charge is 2.48. The predicted molar refractivity (Wildman–Crippen MR) is 115 cm³/mol. The van der Waals surface area contributed by atoms with Crippen LogP contribution >= 0.6 is 0 Å². The van der Waals surface area contributed by atoms with E-state index in [1.165, 1.54) is 23.1 Å². The van der Waals surface area contributed by atoms with Crippen LogP contribution in [0.2, 0.25) is 0 Å². The minimum Gasteiger partial charge on any atom is -0.507 e. The van der Waals surface area contributed by atoms with Crippen LogP contribution in [0.5, 0.6) is 5.75 Å². The lowest BCUT2D eigenvalue weighted by Gasteiger charge is -2.23. The first kappa shape index (κ1) is 21.0. The summed E-state index contributed by atoms with van der Waals surface area (Å²) in [6.45, 7) is 5.58. The van der Waals surface area contributed by atoms with Crippen LogP contribution in [-0.2, 0) is 9.59 Å². The van der Waals surface area contributed by atoms with Gasteiger partial charge in [-0.15, -0.1) is 0 Å². The number of ketones is 1. The van der Waals surface area contributed by atoms with E-state index in [0.717, 1.165) is 12.1 Å². The molecule has 1 amide bonds. The number of aliphatic hydroxyl groups is 1. The quantitative estimate of drug-likeness (QED) is 0.269. The second-order valence-electron chi connectivity index (χ2n) is 7.14. The summed E-state index contributed by atoms with van der Waals surface area (Å²) < 4.78 is 23.9. The highest BCUT2D eigenvalue weighted by Crippen LogP contribution is 2.42. The molecular formula is C24H19FN2O5. The van der Waals surface area contributed by atoms with E-state index in [0.29, 0.717) is 23.7 Å². The molecule has 162 valence electrons. The molecule has 1 aliphatic heterocycles. The van der Waals surface area contributed by atoms with E-state index in [1.807, 2.05) is 0 Å². The number of halogens is 1. The Morgan fingerprint density at radius 3 is 2.50 bits per heavy atom. The van der Waals surface area contributed by atoms with Gasteiger partial charge in [-0.25, -0.2) is 4.39 Å². The second-order valence-corrected chi connectivity index (χ2v) is 7.14. The van der Waals surface area contributed by atoms with Gasteiger partial charge in [-0.1, -0.05) is 29.9 Å². The summed E-state index contributed by atoms with van der Waals surface area (Å²) in [6, 6.07) is 12.3. The third-order valence-electron chi connectivity index (χ3n) is 4.99. The number of aliphatic hydroxyl groups excluding tert-OH is 1. The van der Waals surface area contributed by atoms with Crippen molar-refractivity contribution in [1.29, 1.82) is 0 Å². The second kappa shape index (κ2) is 8.50. The Kier molecular flexibility index (Phi) is 5.59. The van der Waals surface area contributed by atoms with Gasteiger partial charge < -0.3 is 14.4 Å². The normalized spacial score (nSPS) is 17.6. The van der Waals surface area contributed by atoms with Gasteiger partial charge in [0, 0.05) is 11.6 Å². The molecule has 0 radical (unpaired) electrons. The van der Waals surface area contributed by atoms with Crippen molar-refractivity contribution in [3.8, 4) is 5.75 Å². The molecule has 1 aliphatic rings. The summed E-state index contributed by atoms with van der Waals surface area (Å²) in [7, 11) is 0. The number of rotatable bonds is 6. The first-order valence-electron chi connectivity index (χ1n) is 9.74. The average molecular weight is 434 g/mol. The molecule has 1 fully saturated rings. The number of amides is 1. The Labute approximate surface area is 183 Å². The maximum absolute atomic E-state index is 13.4. The molecule has 0 unspecified atom stereocenters. The molecule has 0 bridgehead atoms. The topological polar surface area (TPSA) is 92.9 Å². The van der Waals surface area contributed by atoms with E-state index in [2.05, 4.69) is 11.7 Å². The smallest absolute Gasteiger partial charge is 0.301 e. The minimum atomic E-state index is -0.974. The molecule has 0 spiro atoms. The average Bonchev–Trinajstić information content (AvgIpc) is 3.33. The van der Waals surface area contributed by atoms with Crippen LogP contribution in [0.25, 0.3) is 5.76 Å². The summed E-state index contributed by atoms with van der Waals surface area (Å²) in [5.41, 5.74) is 0.609. The van der Waals surface area contributed by atoms with Crippen LogP contribution in [0.4, 0.5) is 10.2 Å². The lowest BCUT2D eigenvalue weighted by molar-refractivity contribution is -0.132. The van der Waals surface area contributed by atoms with Gasteiger partial charge in [0.1, 0.15) is 29.7 Å². The number of carbonyl (C=O) groups is 2. The number of hydrogen-bond donors (Lipinski definition) is 1. The van der Waals surface area contributed by atoms with Crippen molar-refractivity contribution in [1.82, 2.24) is 5.16 Å². The van der Waals surface area contributed by atoms with Crippen molar-refractivity contribution in [2.45, 2.75) is 13.0 Å². The van der Waals surface area contributed by atoms with Gasteiger partial charge >= 0.3 is 5.91 Å². The molecule has 32 heavy (non-hydrogen) atoms.